The molecule has 4 fully saturated rings. The molecule has 0 aromatic rings. The van der Waals surface area contributed by atoms with Gasteiger partial charge in [0.1, 0.15) is 0 Å². The summed E-state index contributed by atoms with van der Waals surface area (Å²) in [5.41, 5.74) is 0.140. The van der Waals surface area contributed by atoms with E-state index in [-0.39, 0.29) is 11.3 Å². The van der Waals surface area contributed by atoms with Gasteiger partial charge < -0.3 is 14.9 Å². The Balaban J connectivity index is 1.54. The normalized spacial score (nSPS) is 46.5. The van der Waals surface area contributed by atoms with Crippen LogP contribution in [0.25, 0.3) is 0 Å². The fraction of sp³-hybridized carbons (Fsp3) is 1.00. The smallest absolute Gasteiger partial charge is 0.393 e. The summed E-state index contributed by atoms with van der Waals surface area (Å²) in [6.07, 6.45) is 11.3. The van der Waals surface area contributed by atoms with Crippen LogP contribution in [0.1, 0.15) is 105 Å². The van der Waals surface area contributed by atoms with Gasteiger partial charge in [-0.1, -0.05) is 53.9 Å². The quantitative estimate of drug-likeness (QED) is 0.356. The molecule has 4 saturated carbocycles. The third-order valence-electron chi connectivity index (χ3n) is 11.2. The molecule has 10 atom stereocenters. The topological polar surface area (TPSA) is 87.0 Å². The van der Waals surface area contributed by atoms with E-state index in [9.17, 15) is 19.5 Å². The maximum atomic E-state index is 11.9. The minimum absolute atomic E-state index is 0.258. The van der Waals surface area contributed by atoms with E-state index in [1.54, 1.807) is 0 Å². The predicted molar refractivity (Wildman–Crippen MR) is 131 cm³/mol. The number of aliphatic hydroxyl groups is 1. The van der Waals surface area contributed by atoms with Gasteiger partial charge in [-0.15, -0.1) is 0 Å². The van der Waals surface area contributed by atoms with Crippen LogP contribution in [0.3, 0.4) is 0 Å². The van der Waals surface area contributed by atoms with Crippen molar-refractivity contribution in [2.24, 2.45) is 52.3 Å². The molecule has 0 aliphatic heterocycles. The first-order valence-electron chi connectivity index (χ1n) is 13.8. The zero-order valence-corrected chi connectivity index (χ0v) is 22.5. The first-order valence-corrected chi connectivity index (χ1v) is 15.3. The van der Waals surface area contributed by atoms with Gasteiger partial charge in [-0.25, -0.2) is 4.57 Å². The maximum absolute atomic E-state index is 11.9. The molecule has 192 valence electrons. The summed E-state index contributed by atoms with van der Waals surface area (Å²) in [6.45, 7) is 12.0. The number of fused-ring (bicyclic) bond motifs is 5. The van der Waals surface area contributed by atoms with Crippen molar-refractivity contribution in [1.29, 1.82) is 0 Å². The van der Waals surface area contributed by atoms with Crippen molar-refractivity contribution in [3.05, 3.63) is 0 Å². The Bertz CT molecular complexity index is 736. The monoisotopic (exact) mass is 484 g/mol. The van der Waals surface area contributed by atoms with Gasteiger partial charge in [-0.2, -0.15) is 0 Å². The van der Waals surface area contributed by atoms with Crippen LogP contribution in [0.5, 0.6) is 0 Å². The molecule has 1 unspecified atom stereocenters. The van der Waals surface area contributed by atoms with Crippen molar-refractivity contribution in [3.8, 4) is 0 Å². The second-order valence-electron chi connectivity index (χ2n) is 13.3. The third-order valence-corrected chi connectivity index (χ3v) is 11.7. The van der Waals surface area contributed by atoms with Crippen LogP contribution in [0.4, 0.5) is 0 Å². The summed E-state index contributed by atoms with van der Waals surface area (Å²) < 4.78 is 17.3. The second-order valence-corrected chi connectivity index (χ2v) is 14.4. The van der Waals surface area contributed by atoms with E-state index in [4.69, 9.17) is 4.52 Å². The number of phosphoric ester groups is 1. The van der Waals surface area contributed by atoms with E-state index in [1.165, 1.54) is 44.9 Å². The summed E-state index contributed by atoms with van der Waals surface area (Å²) in [4.78, 5) is 19.3. The van der Waals surface area contributed by atoms with Gasteiger partial charge in [0, 0.05) is 11.8 Å². The van der Waals surface area contributed by atoms with Crippen LogP contribution in [0.2, 0.25) is 0 Å². The molecule has 0 heterocycles. The van der Waals surface area contributed by atoms with Gasteiger partial charge in [0.15, 0.2) is 0 Å². The van der Waals surface area contributed by atoms with Gasteiger partial charge in [0.2, 0.25) is 0 Å². The van der Waals surface area contributed by atoms with Gasteiger partial charge in [0.05, 0.1) is 12.2 Å². The summed E-state index contributed by atoms with van der Waals surface area (Å²) in [6, 6.07) is 0. The van der Waals surface area contributed by atoms with Gasteiger partial charge >= 0.3 is 7.82 Å². The Morgan fingerprint density at radius 2 is 1.70 bits per heavy atom. The average Bonchev–Trinajstić information content (AvgIpc) is 3.05. The van der Waals surface area contributed by atoms with Crippen molar-refractivity contribution < 1.29 is 24.0 Å². The Labute approximate surface area is 201 Å². The molecule has 0 saturated heterocycles. The molecule has 5 nitrogen and oxygen atoms in total. The molecule has 0 radical (unpaired) electrons. The molecule has 4 aliphatic rings. The van der Waals surface area contributed by atoms with Crippen LogP contribution in [0, 0.1) is 52.3 Å². The first-order chi connectivity index (χ1) is 15.4. The standard InChI is InChI=1S/C27H49O5P/c1-17(2)7-6-8-18(3)22-11-12-23-21-10-9-19-15-20(28)16-25(32-33(29,30)31)27(19,5)24(21)13-14-26(22,23)4/h17-25,28H,6-16H2,1-5H3,(H2,29,30,31)/t18-,19-,20+,21-,22-,23+,24+,25?,26-,27+/m1/s1. The molecule has 0 aromatic heterocycles. The summed E-state index contributed by atoms with van der Waals surface area (Å²) in [7, 11) is -4.60. The number of rotatable bonds is 7. The summed E-state index contributed by atoms with van der Waals surface area (Å²) in [5.74, 6) is 4.43. The fourth-order valence-electron chi connectivity index (χ4n) is 9.62. The highest BCUT2D eigenvalue weighted by Gasteiger charge is 2.63. The van der Waals surface area contributed by atoms with Crippen molar-refractivity contribution >= 4 is 7.82 Å². The van der Waals surface area contributed by atoms with Crippen LogP contribution < -0.4 is 0 Å². The lowest BCUT2D eigenvalue weighted by Gasteiger charge is -2.63. The number of phosphoric acid groups is 1. The highest BCUT2D eigenvalue weighted by atomic mass is 31.2. The summed E-state index contributed by atoms with van der Waals surface area (Å²) >= 11 is 0. The summed E-state index contributed by atoms with van der Waals surface area (Å²) in [5, 5.41) is 10.5. The minimum Gasteiger partial charge on any atom is -0.393 e. The molecule has 0 aromatic carbocycles. The third kappa shape index (κ3) is 4.88. The Hall–Kier alpha value is 0.0700. The highest BCUT2D eigenvalue weighted by molar-refractivity contribution is 7.46. The first kappa shape index (κ1) is 26.1. The van der Waals surface area contributed by atoms with E-state index in [1.807, 2.05) is 0 Å². The molecule has 4 aliphatic carbocycles. The molecule has 0 spiro atoms. The zero-order chi connectivity index (χ0) is 24.2. The fourth-order valence-corrected chi connectivity index (χ4v) is 10.3. The van der Waals surface area contributed by atoms with E-state index in [0.29, 0.717) is 29.6 Å². The zero-order valence-electron chi connectivity index (χ0n) is 21.6. The molecular formula is C27H49O5P. The largest absolute Gasteiger partial charge is 0.469 e. The highest BCUT2D eigenvalue weighted by Crippen LogP contribution is 2.69. The number of aliphatic hydroxyl groups excluding tert-OH is 1. The molecule has 3 N–H and O–H groups in total. The van der Waals surface area contributed by atoms with E-state index in [2.05, 4.69) is 34.6 Å². The molecule has 0 amide bonds. The van der Waals surface area contributed by atoms with Gasteiger partial charge in [-0.05, 0) is 91.8 Å². The van der Waals surface area contributed by atoms with Crippen LogP contribution >= 0.6 is 7.82 Å². The Morgan fingerprint density at radius 1 is 0.970 bits per heavy atom. The molecule has 6 heteroatoms. The predicted octanol–water partition coefficient (Wildman–Crippen LogP) is 6.56. The van der Waals surface area contributed by atoms with Crippen molar-refractivity contribution in [2.75, 3.05) is 0 Å². The van der Waals surface area contributed by atoms with E-state index in [0.717, 1.165) is 37.0 Å². The van der Waals surface area contributed by atoms with Crippen LogP contribution in [-0.4, -0.2) is 27.1 Å². The molecule has 33 heavy (non-hydrogen) atoms. The van der Waals surface area contributed by atoms with Gasteiger partial charge in [0.25, 0.3) is 0 Å². The van der Waals surface area contributed by atoms with Crippen LogP contribution in [-0.2, 0) is 9.09 Å². The molecule has 0 bridgehead atoms. The maximum Gasteiger partial charge on any atom is 0.469 e. The lowest BCUT2D eigenvalue weighted by atomic mass is 9.43. The molecular weight excluding hydrogens is 435 g/mol. The lowest BCUT2D eigenvalue weighted by Crippen LogP contribution is -2.59. The average molecular weight is 485 g/mol. The molecule has 4 rings (SSSR count). The van der Waals surface area contributed by atoms with Crippen molar-refractivity contribution in [2.45, 2.75) is 117 Å². The second kappa shape index (κ2) is 9.51. The SMILES string of the molecule is CC(C)CCC[C@@H](C)[C@H]1CC[C@H]2[C@H]3CC[C@@H]4C[C@H](O)CC(OP(=O)(O)O)[C@]4(C)[C@H]3CC[C@]12C. The number of hydrogen-bond donors (Lipinski definition) is 3. The van der Waals surface area contributed by atoms with E-state index < -0.39 is 20.0 Å². The van der Waals surface area contributed by atoms with Crippen molar-refractivity contribution in [1.82, 2.24) is 0 Å². The minimum atomic E-state index is -4.60. The van der Waals surface area contributed by atoms with Crippen LogP contribution in [0.15, 0.2) is 0 Å². The van der Waals surface area contributed by atoms with Crippen molar-refractivity contribution in [3.63, 3.8) is 0 Å². The van der Waals surface area contributed by atoms with E-state index >= 15 is 0 Å². The Kier molecular flexibility index (Phi) is 7.53. The lowest BCUT2D eigenvalue weighted by molar-refractivity contribution is -0.178. The number of hydrogen-bond acceptors (Lipinski definition) is 3. The Morgan fingerprint density at radius 3 is 2.36 bits per heavy atom. The van der Waals surface area contributed by atoms with Gasteiger partial charge in [-0.3, -0.25) is 4.52 Å².